The summed E-state index contributed by atoms with van der Waals surface area (Å²) < 4.78 is 0. The Morgan fingerprint density at radius 2 is 1.88 bits per heavy atom. The standard InChI is InChI=1S/C14H28N2/c1-11-6-4-5-7-14(11)10-16-9-12(2)15-8-13(16)3/h11-15H,4-10H2,1-3H3. The second-order valence-electron chi connectivity index (χ2n) is 6.13. The third-order valence-corrected chi connectivity index (χ3v) is 4.65. The highest BCUT2D eigenvalue weighted by atomic mass is 15.2. The van der Waals surface area contributed by atoms with Crippen LogP contribution in [0, 0.1) is 11.8 Å². The lowest BCUT2D eigenvalue weighted by Crippen LogP contribution is -2.55. The van der Waals surface area contributed by atoms with E-state index in [4.69, 9.17) is 0 Å². The molecule has 2 fully saturated rings. The van der Waals surface area contributed by atoms with E-state index in [9.17, 15) is 0 Å². The first-order valence-electron chi connectivity index (χ1n) is 7.14. The Bertz CT molecular complexity index is 217. The normalized spacial score (nSPS) is 42.2. The van der Waals surface area contributed by atoms with Crippen LogP contribution in [0.3, 0.4) is 0 Å². The van der Waals surface area contributed by atoms with Crippen molar-refractivity contribution in [1.29, 1.82) is 0 Å². The van der Waals surface area contributed by atoms with Gasteiger partial charge in [-0.25, -0.2) is 0 Å². The van der Waals surface area contributed by atoms with Crippen molar-refractivity contribution in [2.24, 2.45) is 11.8 Å². The summed E-state index contributed by atoms with van der Waals surface area (Å²) >= 11 is 0. The minimum absolute atomic E-state index is 0.676. The topological polar surface area (TPSA) is 15.3 Å². The van der Waals surface area contributed by atoms with Crippen LogP contribution in [0.15, 0.2) is 0 Å². The fraction of sp³-hybridized carbons (Fsp3) is 1.00. The Labute approximate surface area is 101 Å². The van der Waals surface area contributed by atoms with Crippen LogP contribution in [0.1, 0.15) is 46.5 Å². The summed E-state index contributed by atoms with van der Waals surface area (Å²) in [7, 11) is 0. The van der Waals surface area contributed by atoms with E-state index in [1.165, 1.54) is 45.3 Å². The van der Waals surface area contributed by atoms with Gasteiger partial charge in [0.15, 0.2) is 0 Å². The molecule has 0 bridgehead atoms. The van der Waals surface area contributed by atoms with Gasteiger partial charge in [-0.2, -0.15) is 0 Å². The molecule has 2 aliphatic rings. The van der Waals surface area contributed by atoms with Gasteiger partial charge < -0.3 is 5.32 Å². The third kappa shape index (κ3) is 2.98. The molecule has 2 rings (SSSR count). The SMILES string of the molecule is CC1CN(CC2CCCCC2C)C(C)CN1. The molecule has 1 aliphatic heterocycles. The molecule has 16 heavy (non-hydrogen) atoms. The van der Waals surface area contributed by atoms with Gasteiger partial charge in [0.2, 0.25) is 0 Å². The van der Waals surface area contributed by atoms with E-state index in [0.29, 0.717) is 6.04 Å². The predicted octanol–water partition coefficient (Wildman–Crippen LogP) is 2.49. The molecule has 4 unspecified atom stereocenters. The average molecular weight is 224 g/mol. The summed E-state index contributed by atoms with van der Waals surface area (Å²) in [5, 5.41) is 3.57. The van der Waals surface area contributed by atoms with Crippen molar-refractivity contribution in [2.75, 3.05) is 19.6 Å². The number of hydrogen-bond acceptors (Lipinski definition) is 2. The van der Waals surface area contributed by atoms with Crippen LogP contribution >= 0.6 is 0 Å². The lowest BCUT2D eigenvalue weighted by molar-refractivity contribution is 0.0943. The van der Waals surface area contributed by atoms with E-state index < -0.39 is 0 Å². The Morgan fingerprint density at radius 3 is 2.62 bits per heavy atom. The fourth-order valence-corrected chi connectivity index (χ4v) is 3.32. The zero-order valence-electron chi connectivity index (χ0n) is 11.2. The second-order valence-corrected chi connectivity index (χ2v) is 6.13. The van der Waals surface area contributed by atoms with E-state index in [2.05, 4.69) is 31.0 Å². The van der Waals surface area contributed by atoms with Crippen LogP contribution in [0.4, 0.5) is 0 Å². The van der Waals surface area contributed by atoms with E-state index in [1.54, 1.807) is 0 Å². The monoisotopic (exact) mass is 224 g/mol. The first-order chi connectivity index (χ1) is 7.66. The molecule has 4 atom stereocenters. The second kappa shape index (κ2) is 5.50. The molecular weight excluding hydrogens is 196 g/mol. The van der Waals surface area contributed by atoms with Gasteiger partial charge in [-0.05, 0) is 32.1 Å². The average Bonchev–Trinajstić information content (AvgIpc) is 2.27. The van der Waals surface area contributed by atoms with Crippen molar-refractivity contribution in [1.82, 2.24) is 10.2 Å². The van der Waals surface area contributed by atoms with Crippen LogP contribution in [-0.4, -0.2) is 36.6 Å². The van der Waals surface area contributed by atoms with Crippen molar-refractivity contribution < 1.29 is 0 Å². The maximum atomic E-state index is 3.57. The maximum absolute atomic E-state index is 3.57. The zero-order valence-corrected chi connectivity index (χ0v) is 11.2. The van der Waals surface area contributed by atoms with Crippen LogP contribution in [0.25, 0.3) is 0 Å². The van der Waals surface area contributed by atoms with Crippen LogP contribution in [0.5, 0.6) is 0 Å². The lowest BCUT2D eigenvalue weighted by atomic mass is 9.80. The van der Waals surface area contributed by atoms with Gasteiger partial charge >= 0.3 is 0 Å². The largest absolute Gasteiger partial charge is 0.311 e. The van der Waals surface area contributed by atoms with Gasteiger partial charge in [0.1, 0.15) is 0 Å². The fourth-order valence-electron chi connectivity index (χ4n) is 3.32. The molecule has 0 spiro atoms. The van der Waals surface area contributed by atoms with Gasteiger partial charge in [0.05, 0.1) is 0 Å². The third-order valence-electron chi connectivity index (χ3n) is 4.65. The Kier molecular flexibility index (Phi) is 4.26. The molecule has 1 aliphatic carbocycles. The van der Waals surface area contributed by atoms with Crippen molar-refractivity contribution in [3.05, 3.63) is 0 Å². The van der Waals surface area contributed by atoms with E-state index >= 15 is 0 Å². The van der Waals surface area contributed by atoms with Gasteiger partial charge in [-0.15, -0.1) is 0 Å². The van der Waals surface area contributed by atoms with E-state index in [1.807, 2.05) is 0 Å². The highest BCUT2D eigenvalue weighted by molar-refractivity contribution is 4.84. The van der Waals surface area contributed by atoms with Crippen molar-refractivity contribution >= 4 is 0 Å². The molecule has 1 heterocycles. The summed E-state index contributed by atoms with van der Waals surface area (Å²) in [6.07, 6.45) is 5.85. The predicted molar refractivity (Wildman–Crippen MR) is 69.6 cm³/mol. The quantitative estimate of drug-likeness (QED) is 0.775. The van der Waals surface area contributed by atoms with Crippen molar-refractivity contribution in [3.8, 4) is 0 Å². The first-order valence-corrected chi connectivity index (χ1v) is 7.14. The van der Waals surface area contributed by atoms with Gasteiger partial charge in [-0.3, -0.25) is 4.90 Å². The molecule has 2 nitrogen and oxygen atoms in total. The van der Waals surface area contributed by atoms with Crippen LogP contribution < -0.4 is 5.32 Å². The highest BCUT2D eigenvalue weighted by Gasteiger charge is 2.28. The van der Waals surface area contributed by atoms with Crippen LogP contribution in [-0.2, 0) is 0 Å². The number of nitrogens with zero attached hydrogens (tertiary/aromatic N) is 1. The number of piperazine rings is 1. The minimum atomic E-state index is 0.676. The molecule has 0 aromatic carbocycles. The Hall–Kier alpha value is -0.0800. The van der Waals surface area contributed by atoms with Crippen molar-refractivity contribution in [2.45, 2.75) is 58.5 Å². The molecule has 1 N–H and O–H groups in total. The lowest BCUT2D eigenvalue weighted by Gasteiger charge is -2.41. The molecule has 0 amide bonds. The molecule has 0 radical (unpaired) electrons. The molecule has 94 valence electrons. The maximum Gasteiger partial charge on any atom is 0.0193 e. The van der Waals surface area contributed by atoms with Gasteiger partial charge in [0.25, 0.3) is 0 Å². The highest BCUT2D eigenvalue weighted by Crippen LogP contribution is 2.30. The van der Waals surface area contributed by atoms with Crippen molar-refractivity contribution in [3.63, 3.8) is 0 Å². The molecule has 2 heteroatoms. The molecule has 0 aromatic rings. The number of nitrogens with one attached hydrogen (secondary N) is 1. The van der Waals surface area contributed by atoms with E-state index in [-0.39, 0.29) is 0 Å². The van der Waals surface area contributed by atoms with E-state index in [0.717, 1.165) is 17.9 Å². The summed E-state index contributed by atoms with van der Waals surface area (Å²) in [5.74, 6) is 1.91. The molecule has 1 saturated carbocycles. The smallest absolute Gasteiger partial charge is 0.0193 e. The molecule has 0 aromatic heterocycles. The minimum Gasteiger partial charge on any atom is -0.311 e. The Balaban J connectivity index is 1.86. The summed E-state index contributed by atoms with van der Waals surface area (Å²) in [6, 6.07) is 1.40. The molecular formula is C14H28N2. The number of hydrogen-bond donors (Lipinski definition) is 1. The Morgan fingerprint density at radius 1 is 1.12 bits per heavy atom. The summed E-state index contributed by atoms with van der Waals surface area (Å²) in [4.78, 5) is 2.72. The molecule has 1 saturated heterocycles. The van der Waals surface area contributed by atoms with Gasteiger partial charge in [0, 0.05) is 31.7 Å². The van der Waals surface area contributed by atoms with Gasteiger partial charge in [-0.1, -0.05) is 26.2 Å². The first kappa shape index (κ1) is 12.4. The zero-order chi connectivity index (χ0) is 11.5. The summed E-state index contributed by atoms with van der Waals surface area (Å²) in [5.41, 5.74) is 0. The summed E-state index contributed by atoms with van der Waals surface area (Å²) in [6.45, 7) is 10.9. The number of rotatable bonds is 2. The van der Waals surface area contributed by atoms with Crippen LogP contribution in [0.2, 0.25) is 0 Å².